The summed E-state index contributed by atoms with van der Waals surface area (Å²) in [5.41, 5.74) is 6.90. The third kappa shape index (κ3) is 4.29. The Morgan fingerprint density at radius 3 is 1.18 bits per heavy atom. The first kappa shape index (κ1) is 28.4. The predicted molar refractivity (Wildman–Crippen MR) is 215 cm³/mol. The van der Waals surface area contributed by atoms with Crippen LogP contribution in [0.3, 0.4) is 0 Å². The Bertz CT molecular complexity index is 2720. The molecule has 0 heterocycles. The minimum atomic E-state index is 1.13. The van der Waals surface area contributed by atoms with Crippen molar-refractivity contribution in [1.82, 2.24) is 0 Å². The van der Waals surface area contributed by atoms with Crippen LogP contribution in [0.5, 0.6) is 0 Å². The van der Waals surface area contributed by atoms with E-state index in [0.717, 1.165) is 22.7 Å². The van der Waals surface area contributed by atoms with Crippen LogP contribution in [-0.4, -0.2) is 0 Å². The van der Waals surface area contributed by atoms with Crippen LogP contribution < -0.4 is 9.80 Å². The number of rotatable bonds is 6. The van der Waals surface area contributed by atoms with Gasteiger partial charge < -0.3 is 9.80 Å². The first-order valence-electron chi connectivity index (χ1n) is 17.2. The molecule has 0 fully saturated rings. The van der Waals surface area contributed by atoms with Gasteiger partial charge in [-0.3, -0.25) is 0 Å². The average molecular weight is 637 g/mol. The van der Waals surface area contributed by atoms with Crippen LogP contribution in [-0.2, 0) is 0 Å². The fourth-order valence-electron chi connectivity index (χ4n) is 8.11. The van der Waals surface area contributed by atoms with Crippen molar-refractivity contribution in [1.29, 1.82) is 0 Å². The van der Waals surface area contributed by atoms with E-state index in [-0.39, 0.29) is 0 Å². The molecule has 0 saturated heterocycles. The maximum atomic E-state index is 2.43. The van der Waals surface area contributed by atoms with Gasteiger partial charge in [0, 0.05) is 44.3 Å². The van der Waals surface area contributed by atoms with Crippen molar-refractivity contribution in [2.24, 2.45) is 0 Å². The summed E-state index contributed by atoms with van der Waals surface area (Å²) >= 11 is 0. The van der Waals surface area contributed by atoms with Crippen molar-refractivity contribution >= 4 is 88.0 Å². The summed E-state index contributed by atoms with van der Waals surface area (Å²) in [6.45, 7) is 0. The Morgan fingerprint density at radius 1 is 0.220 bits per heavy atom. The number of fused-ring (bicyclic) bond motifs is 4. The number of nitrogens with zero attached hydrogens (tertiary/aromatic N) is 2. The van der Waals surface area contributed by atoms with E-state index in [1.807, 2.05) is 0 Å². The van der Waals surface area contributed by atoms with Crippen LogP contribution in [0.2, 0.25) is 0 Å². The fourth-order valence-corrected chi connectivity index (χ4v) is 8.11. The molecule has 234 valence electrons. The van der Waals surface area contributed by atoms with Gasteiger partial charge in [-0.05, 0) is 86.9 Å². The highest BCUT2D eigenvalue weighted by Gasteiger charge is 2.25. The minimum absolute atomic E-state index is 1.13. The molecule has 0 N–H and O–H groups in total. The van der Waals surface area contributed by atoms with E-state index in [0.29, 0.717) is 0 Å². The standard InChI is InChI=1S/C48H32N2/c1-5-17-33(18-6-1)49(34-19-7-2-8-20-34)44-32-31-39-37-27-15-30-43-47(37)46(42-29-16-28-41(44)45(39)42)38-25-13-14-26-40(38)48(43)50(35-21-9-3-10-22-35)36-23-11-4-12-24-36/h1-32H. The van der Waals surface area contributed by atoms with Crippen LogP contribution in [0.4, 0.5) is 34.1 Å². The molecule has 0 bridgehead atoms. The summed E-state index contributed by atoms with van der Waals surface area (Å²) in [5, 5.41) is 12.7. The molecule has 10 aromatic rings. The molecule has 10 rings (SSSR count). The Balaban J connectivity index is 1.35. The molecule has 50 heavy (non-hydrogen) atoms. The lowest BCUT2D eigenvalue weighted by atomic mass is 9.85. The normalized spacial score (nSPS) is 11.6. The molecule has 10 aromatic carbocycles. The van der Waals surface area contributed by atoms with Crippen molar-refractivity contribution in [3.63, 3.8) is 0 Å². The van der Waals surface area contributed by atoms with Crippen LogP contribution >= 0.6 is 0 Å². The number of para-hydroxylation sites is 4. The number of hydrogen-bond donors (Lipinski definition) is 0. The molecule has 0 aromatic heterocycles. The van der Waals surface area contributed by atoms with Gasteiger partial charge in [0.15, 0.2) is 0 Å². The lowest BCUT2D eigenvalue weighted by Gasteiger charge is -2.30. The molecule has 2 nitrogen and oxygen atoms in total. The molecule has 0 spiro atoms. The van der Waals surface area contributed by atoms with Crippen LogP contribution in [0.1, 0.15) is 0 Å². The molecule has 0 aliphatic rings. The van der Waals surface area contributed by atoms with E-state index < -0.39 is 0 Å². The van der Waals surface area contributed by atoms with E-state index in [1.165, 1.54) is 65.2 Å². The van der Waals surface area contributed by atoms with Crippen LogP contribution in [0, 0.1) is 0 Å². The van der Waals surface area contributed by atoms with Gasteiger partial charge in [-0.2, -0.15) is 0 Å². The van der Waals surface area contributed by atoms with Gasteiger partial charge in [-0.1, -0.05) is 140 Å². The lowest BCUT2D eigenvalue weighted by molar-refractivity contribution is 1.30. The number of benzene rings is 10. The SMILES string of the molecule is c1ccc(N(c2ccccc2)c2ccc3c4cccc5c(N(c6ccccc6)c6ccccc6)c6ccccc6c(c6cccc2c36)c54)cc1. The second-order valence-corrected chi connectivity index (χ2v) is 12.9. The zero-order valence-electron chi connectivity index (χ0n) is 27.4. The summed E-state index contributed by atoms with van der Waals surface area (Å²) in [6.07, 6.45) is 0. The van der Waals surface area contributed by atoms with Crippen molar-refractivity contribution in [3.05, 3.63) is 194 Å². The van der Waals surface area contributed by atoms with Gasteiger partial charge in [0.05, 0.1) is 11.4 Å². The maximum absolute atomic E-state index is 2.43. The lowest BCUT2D eigenvalue weighted by Crippen LogP contribution is -2.11. The molecule has 0 amide bonds. The Kier molecular flexibility index (Phi) is 6.53. The Labute approximate surface area is 291 Å². The van der Waals surface area contributed by atoms with Crippen LogP contribution in [0.15, 0.2) is 194 Å². The Hall–Kier alpha value is -6.64. The largest absolute Gasteiger partial charge is 0.310 e. The van der Waals surface area contributed by atoms with Gasteiger partial charge in [-0.15, -0.1) is 0 Å². The molecular weight excluding hydrogens is 605 g/mol. The van der Waals surface area contributed by atoms with Crippen molar-refractivity contribution in [2.45, 2.75) is 0 Å². The van der Waals surface area contributed by atoms with Crippen molar-refractivity contribution < 1.29 is 0 Å². The highest BCUT2D eigenvalue weighted by Crippen LogP contribution is 2.52. The van der Waals surface area contributed by atoms with E-state index in [2.05, 4.69) is 204 Å². The average Bonchev–Trinajstić information content (AvgIpc) is 3.19. The molecule has 0 unspecified atom stereocenters. The predicted octanol–water partition coefficient (Wildman–Crippen LogP) is 13.8. The second kappa shape index (κ2) is 11.5. The summed E-state index contributed by atoms with van der Waals surface area (Å²) in [6, 6.07) is 70.3. The molecule has 2 heteroatoms. The van der Waals surface area contributed by atoms with E-state index in [1.54, 1.807) is 0 Å². The summed E-state index contributed by atoms with van der Waals surface area (Å²) in [4.78, 5) is 4.82. The topological polar surface area (TPSA) is 6.48 Å². The quantitative estimate of drug-likeness (QED) is 0.132. The molecule has 0 saturated carbocycles. The summed E-state index contributed by atoms with van der Waals surface area (Å²) < 4.78 is 0. The first-order valence-corrected chi connectivity index (χ1v) is 17.2. The van der Waals surface area contributed by atoms with Gasteiger partial charge in [0.1, 0.15) is 0 Å². The smallest absolute Gasteiger partial charge is 0.0619 e. The Morgan fingerprint density at radius 2 is 0.600 bits per heavy atom. The van der Waals surface area contributed by atoms with Gasteiger partial charge in [0.25, 0.3) is 0 Å². The highest BCUT2D eigenvalue weighted by atomic mass is 15.1. The monoisotopic (exact) mass is 636 g/mol. The van der Waals surface area contributed by atoms with E-state index in [9.17, 15) is 0 Å². The summed E-state index contributed by atoms with van der Waals surface area (Å²) in [5.74, 6) is 0. The van der Waals surface area contributed by atoms with E-state index >= 15 is 0 Å². The fraction of sp³-hybridized carbons (Fsp3) is 0. The van der Waals surface area contributed by atoms with Crippen molar-refractivity contribution in [3.8, 4) is 0 Å². The van der Waals surface area contributed by atoms with Gasteiger partial charge in [-0.25, -0.2) is 0 Å². The third-order valence-electron chi connectivity index (χ3n) is 10.1. The number of anilines is 6. The van der Waals surface area contributed by atoms with Crippen molar-refractivity contribution in [2.75, 3.05) is 9.80 Å². The summed E-state index contributed by atoms with van der Waals surface area (Å²) in [7, 11) is 0. The third-order valence-corrected chi connectivity index (χ3v) is 10.1. The molecule has 0 aliphatic carbocycles. The number of hydrogen-bond acceptors (Lipinski definition) is 2. The maximum Gasteiger partial charge on any atom is 0.0619 e. The van der Waals surface area contributed by atoms with E-state index in [4.69, 9.17) is 0 Å². The first-order chi connectivity index (χ1) is 24.9. The van der Waals surface area contributed by atoms with Gasteiger partial charge in [0.2, 0.25) is 0 Å². The molecule has 0 aliphatic heterocycles. The molecule has 0 radical (unpaired) electrons. The highest BCUT2D eigenvalue weighted by molar-refractivity contribution is 6.41. The molecular formula is C48H32N2. The second-order valence-electron chi connectivity index (χ2n) is 12.9. The van der Waals surface area contributed by atoms with Gasteiger partial charge >= 0.3 is 0 Å². The zero-order valence-corrected chi connectivity index (χ0v) is 27.4. The zero-order chi connectivity index (χ0) is 33.0. The molecule has 0 atom stereocenters. The minimum Gasteiger partial charge on any atom is -0.310 e. The van der Waals surface area contributed by atoms with Crippen LogP contribution in [0.25, 0.3) is 53.9 Å².